The topological polar surface area (TPSA) is 110 Å². The van der Waals surface area contributed by atoms with Crippen LogP contribution in [0.4, 0.5) is 4.79 Å². The number of ether oxygens (including phenoxy) is 1. The first-order chi connectivity index (χ1) is 17.5. The van der Waals surface area contributed by atoms with Gasteiger partial charge in [-0.15, -0.1) is 0 Å². The molecule has 1 saturated heterocycles. The van der Waals surface area contributed by atoms with Gasteiger partial charge in [0, 0.05) is 43.7 Å². The summed E-state index contributed by atoms with van der Waals surface area (Å²) in [6.45, 7) is 8.56. The first-order valence-electron chi connectivity index (χ1n) is 12.8. The lowest BCUT2D eigenvalue weighted by atomic mass is 9.83. The van der Waals surface area contributed by atoms with Crippen molar-refractivity contribution in [1.29, 1.82) is 0 Å². The number of benzene rings is 1. The number of pyridine rings is 1. The Morgan fingerprint density at radius 3 is 2.43 bits per heavy atom. The van der Waals surface area contributed by atoms with E-state index in [4.69, 9.17) is 4.74 Å². The molecule has 3 heterocycles. The van der Waals surface area contributed by atoms with Gasteiger partial charge in [-0.25, -0.2) is 4.79 Å². The van der Waals surface area contributed by atoms with Gasteiger partial charge in [-0.05, 0) is 51.7 Å². The Hall–Kier alpha value is -3.62. The van der Waals surface area contributed by atoms with E-state index >= 15 is 0 Å². The fourth-order valence-electron chi connectivity index (χ4n) is 5.23. The highest BCUT2D eigenvalue weighted by Gasteiger charge is 2.38. The van der Waals surface area contributed by atoms with Crippen molar-refractivity contribution in [2.75, 3.05) is 13.1 Å². The number of alkyl carbamates (subject to hydrolysis) is 1. The van der Waals surface area contributed by atoms with E-state index in [2.05, 4.69) is 10.6 Å². The number of carbonyl (C=O) groups excluding carboxylic acids is 3. The first-order valence-corrected chi connectivity index (χ1v) is 12.8. The summed E-state index contributed by atoms with van der Waals surface area (Å²) >= 11 is 0. The van der Waals surface area contributed by atoms with Gasteiger partial charge in [0.05, 0.1) is 0 Å². The Morgan fingerprint density at radius 2 is 1.73 bits per heavy atom. The van der Waals surface area contributed by atoms with Crippen molar-refractivity contribution < 1.29 is 19.1 Å². The maximum Gasteiger partial charge on any atom is 0.408 e. The third kappa shape index (κ3) is 6.58. The van der Waals surface area contributed by atoms with Gasteiger partial charge < -0.3 is 24.8 Å². The molecule has 198 valence electrons. The van der Waals surface area contributed by atoms with E-state index in [9.17, 15) is 19.2 Å². The molecule has 0 radical (unpaired) electrons. The summed E-state index contributed by atoms with van der Waals surface area (Å²) in [4.78, 5) is 53.1. The second-order valence-corrected chi connectivity index (χ2v) is 11.1. The van der Waals surface area contributed by atoms with Crippen LogP contribution in [0.3, 0.4) is 0 Å². The molecule has 2 aliphatic heterocycles. The van der Waals surface area contributed by atoms with Crippen molar-refractivity contribution in [3.8, 4) is 0 Å². The molecule has 0 spiro atoms. The molecular weight excluding hydrogens is 472 g/mol. The van der Waals surface area contributed by atoms with Crippen molar-refractivity contribution in [3.05, 3.63) is 70.1 Å². The molecule has 4 rings (SSSR count). The Bertz CT molecular complexity index is 1200. The van der Waals surface area contributed by atoms with E-state index in [1.807, 2.05) is 41.0 Å². The predicted molar refractivity (Wildman–Crippen MR) is 139 cm³/mol. The Kier molecular flexibility index (Phi) is 7.71. The summed E-state index contributed by atoms with van der Waals surface area (Å²) in [5, 5.41) is 5.47. The fourth-order valence-corrected chi connectivity index (χ4v) is 5.23. The van der Waals surface area contributed by atoms with E-state index in [0.29, 0.717) is 19.6 Å². The fraction of sp³-hybridized carbons (Fsp3) is 0.500. The lowest BCUT2D eigenvalue weighted by Crippen LogP contribution is -2.57. The van der Waals surface area contributed by atoms with Gasteiger partial charge in [0.15, 0.2) is 0 Å². The number of piperidine rings is 1. The van der Waals surface area contributed by atoms with Crippen molar-refractivity contribution in [2.24, 2.45) is 5.92 Å². The lowest BCUT2D eigenvalue weighted by Gasteiger charge is -2.43. The minimum Gasteiger partial charge on any atom is -0.444 e. The molecule has 0 aliphatic carbocycles. The molecular formula is C28H36N4O5. The number of likely N-dealkylation sites (tertiary alicyclic amines) is 1. The number of carbonyl (C=O) groups is 3. The quantitative estimate of drug-likeness (QED) is 0.623. The standard InChI is InChI=1S/C28H36N4O5/c1-18(26(35)31-15-20-13-21(17-31)23-11-8-12-24(33)32(23)16-20)29-25(34)22(14-19-9-6-5-7-10-19)30-27(36)37-28(2,3)4/h5-12,18,20-22H,13-17H2,1-4H3,(H,29,34)(H,30,36)/t18-,20?,21?,22+/m0/s1. The summed E-state index contributed by atoms with van der Waals surface area (Å²) in [7, 11) is 0. The van der Waals surface area contributed by atoms with Crippen molar-refractivity contribution in [3.63, 3.8) is 0 Å². The number of amides is 3. The molecule has 2 bridgehead atoms. The zero-order valence-electron chi connectivity index (χ0n) is 21.9. The van der Waals surface area contributed by atoms with Crippen LogP contribution >= 0.6 is 0 Å². The smallest absolute Gasteiger partial charge is 0.408 e. The highest BCUT2D eigenvalue weighted by Crippen LogP contribution is 2.35. The van der Waals surface area contributed by atoms with Crippen LogP contribution in [0.25, 0.3) is 0 Å². The number of hydrogen-bond acceptors (Lipinski definition) is 5. The molecule has 9 heteroatoms. The summed E-state index contributed by atoms with van der Waals surface area (Å²) in [6, 6.07) is 13.0. The maximum absolute atomic E-state index is 13.4. The van der Waals surface area contributed by atoms with E-state index in [1.165, 1.54) is 0 Å². The highest BCUT2D eigenvalue weighted by atomic mass is 16.6. The highest BCUT2D eigenvalue weighted by molar-refractivity contribution is 5.91. The van der Waals surface area contributed by atoms with Crippen LogP contribution in [0.15, 0.2) is 53.3 Å². The van der Waals surface area contributed by atoms with Gasteiger partial charge in [0.25, 0.3) is 5.56 Å². The van der Waals surface area contributed by atoms with Crippen LogP contribution in [0.1, 0.15) is 51.3 Å². The number of hydrogen-bond donors (Lipinski definition) is 2. The molecule has 2 unspecified atom stereocenters. The minimum atomic E-state index is -0.910. The Morgan fingerprint density at radius 1 is 1.00 bits per heavy atom. The van der Waals surface area contributed by atoms with E-state index in [0.717, 1.165) is 17.7 Å². The number of fused-ring (bicyclic) bond motifs is 4. The van der Waals surface area contributed by atoms with E-state index in [1.54, 1.807) is 44.7 Å². The van der Waals surface area contributed by atoms with Gasteiger partial charge in [-0.2, -0.15) is 0 Å². The zero-order chi connectivity index (χ0) is 26.7. The number of nitrogens with one attached hydrogen (secondary N) is 2. The average molecular weight is 509 g/mol. The zero-order valence-corrected chi connectivity index (χ0v) is 21.9. The Labute approximate surface area is 217 Å². The molecule has 2 N–H and O–H groups in total. The van der Waals surface area contributed by atoms with Crippen LogP contribution in [0.2, 0.25) is 0 Å². The lowest BCUT2D eigenvalue weighted by molar-refractivity contribution is -0.138. The molecule has 1 fully saturated rings. The molecule has 3 amide bonds. The third-order valence-electron chi connectivity index (χ3n) is 6.81. The van der Waals surface area contributed by atoms with Crippen molar-refractivity contribution in [2.45, 2.75) is 70.7 Å². The summed E-state index contributed by atoms with van der Waals surface area (Å²) in [6.07, 6.45) is 0.499. The normalized spacial score (nSPS) is 20.3. The van der Waals surface area contributed by atoms with Gasteiger partial charge in [0.2, 0.25) is 11.8 Å². The average Bonchev–Trinajstić information content (AvgIpc) is 2.83. The second kappa shape index (κ2) is 10.8. The molecule has 4 atom stereocenters. The summed E-state index contributed by atoms with van der Waals surface area (Å²) in [5.74, 6) is -0.346. The largest absolute Gasteiger partial charge is 0.444 e. The molecule has 37 heavy (non-hydrogen) atoms. The van der Waals surface area contributed by atoms with Gasteiger partial charge in [-0.1, -0.05) is 36.4 Å². The predicted octanol–water partition coefficient (Wildman–Crippen LogP) is 2.43. The third-order valence-corrected chi connectivity index (χ3v) is 6.81. The van der Waals surface area contributed by atoms with Crippen LogP contribution in [-0.4, -0.2) is 58.1 Å². The number of nitrogens with zero attached hydrogens (tertiary/aromatic N) is 2. The first kappa shape index (κ1) is 26.4. The SMILES string of the molecule is C[C@H](NC(=O)[C@@H](Cc1ccccc1)NC(=O)OC(C)(C)C)C(=O)N1CC2CC(C1)c1cccc(=O)n1C2. The van der Waals surface area contributed by atoms with Crippen molar-refractivity contribution in [1.82, 2.24) is 20.1 Å². The maximum atomic E-state index is 13.4. The Balaban J connectivity index is 1.43. The molecule has 1 aromatic carbocycles. The minimum absolute atomic E-state index is 0.00504. The van der Waals surface area contributed by atoms with Gasteiger partial charge >= 0.3 is 6.09 Å². The molecule has 1 aromatic heterocycles. The summed E-state index contributed by atoms with van der Waals surface area (Å²) in [5.41, 5.74) is 1.12. The monoisotopic (exact) mass is 508 g/mol. The molecule has 0 saturated carbocycles. The van der Waals surface area contributed by atoms with Gasteiger partial charge in [0.1, 0.15) is 17.7 Å². The molecule has 9 nitrogen and oxygen atoms in total. The number of aromatic nitrogens is 1. The van der Waals surface area contributed by atoms with E-state index < -0.39 is 29.7 Å². The van der Waals surface area contributed by atoms with Crippen LogP contribution in [0.5, 0.6) is 0 Å². The van der Waals surface area contributed by atoms with E-state index in [-0.39, 0.29) is 29.7 Å². The molecule has 2 aromatic rings. The van der Waals surface area contributed by atoms with Gasteiger partial charge in [-0.3, -0.25) is 14.4 Å². The summed E-state index contributed by atoms with van der Waals surface area (Å²) < 4.78 is 7.18. The van der Waals surface area contributed by atoms with Crippen LogP contribution < -0.4 is 16.2 Å². The second-order valence-electron chi connectivity index (χ2n) is 11.1. The van der Waals surface area contributed by atoms with Crippen LogP contribution in [-0.2, 0) is 27.3 Å². The molecule has 2 aliphatic rings. The van der Waals surface area contributed by atoms with Crippen LogP contribution in [0, 0.1) is 5.92 Å². The number of rotatable bonds is 6. The van der Waals surface area contributed by atoms with Crippen molar-refractivity contribution >= 4 is 17.9 Å².